The maximum Gasteiger partial charge on any atom is 0.345 e. The number of β-lactam (4-membered cyclic amide) rings is 1. The molecular weight excluding hydrogens is 444 g/mol. The Morgan fingerprint density at radius 1 is 1.18 bits per heavy atom. The molecule has 0 radical (unpaired) electrons. The quantitative estimate of drug-likeness (QED) is 0.287. The van der Waals surface area contributed by atoms with Gasteiger partial charge >= 0.3 is 11.9 Å². The molecule has 0 bridgehead atoms. The lowest BCUT2D eigenvalue weighted by molar-refractivity contribution is -0.174. The molecule has 2 saturated heterocycles. The number of fused-ring (bicyclic) bond motifs is 1. The summed E-state index contributed by atoms with van der Waals surface area (Å²) in [6.07, 6.45) is 2.72. The second-order valence-electron chi connectivity index (χ2n) is 9.08. The number of carboxylic acid groups (broad SMARTS) is 1. The van der Waals surface area contributed by atoms with Crippen LogP contribution in [0.1, 0.15) is 58.4 Å². The summed E-state index contributed by atoms with van der Waals surface area (Å²) in [6.45, 7) is 5.72. The molecule has 0 saturated carbocycles. The summed E-state index contributed by atoms with van der Waals surface area (Å²) in [5, 5.41) is 11.9. The zero-order valence-corrected chi connectivity index (χ0v) is 20.1. The molecule has 2 aliphatic rings. The van der Waals surface area contributed by atoms with Crippen LogP contribution in [0, 0.1) is 0 Å². The number of carbonyl (C=O) groups excluding carboxylic acids is 3. The number of esters is 1. The Morgan fingerprint density at radius 2 is 1.88 bits per heavy atom. The molecule has 3 rings (SSSR count). The van der Waals surface area contributed by atoms with Gasteiger partial charge in [0.25, 0.3) is 0 Å². The Morgan fingerprint density at radius 3 is 2.52 bits per heavy atom. The van der Waals surface area contributed by atoms with E-state index in [9.17, 15) is 24.3 Å². The van der Waals surface area contributed by atoms with Crippen LogP contribution in [0.25, 0.3) is 0 Å². The molecular formula is C24H32N2O6S. The minimum atomic E-state index is -1.23. The summed E-state index contributed by atoms with van der Waals surface area (Å²) in [5.41, 5.74) is 0.845. The van der Waals surface area contributed by atoms with Crippen molar-refractivity contribution in [2.45, 2.75) is 87.6 Å². The molecule has 1 unspecified atom stereocenters. The van der Waals surface area contributed by atoms with E-state index >= 15 is 0 Å². The number of hydrogen-bond acceptors (Lipinski definition) is 6. The number of nitrogens with zero attached hydrogens (tertiary/aromatic N) is 1. The Hall–Kier alpha value is -2.55. The Kier molecular flexibility index (Phi) is 8.05. The average Bonchev–Trinajstić information content (AvgIpc) is 3.02. The summed E-state index contributed by atoms with van der Waals surface area (Å²) in [6, 6.07) is 7.62. The number of carbonyl (C=O) groups is 4. The first-order chi connectivity index (χ1) is 15.7. The number of unbranched alkanes of at least 4 members (excludes halogenated alkanes) is 3. The van der Waals surface area contributed by atoms with Gasteiger partial charge in [0.15, 0.2) is 6.10 Å². The molecule has 180 valence electrons. The van der Waals surface area contributed by atoms with E-state index in [-0.39, 0.29) is 24.7 Å². The van der Waals surface area contributed by atoms with E-state index < -0.39 is 40.2 Å². The molecule has 2 fully saturated rings. The van der Waals surface area contributed by atoms with E-state index in [4.69, 9.17) is 4.74 Å². The van der Waals surface area contributed by atoms with Gasteiger partial charge in [0.05, 0.1) is 6.42 Å². The number of thioether (sulfide) groups is 1. The van der Waals surface area contributed by atoms with Crippen molar-refractivity contribution in [3.8, 4) is 0 Å². The van der Waals surface area contributed by atoms with Crippen LogP contribution < -0.4 is 5.32 Å². The van der Waals surface area contributed by atoms with Gasteiger partial charge in [0.1, 0.15) is 17.5 Å². The van der Waals surface area contributed by atoms with Gasteiger partial charge in [-0.1, -0.05) is 56.5 Å². The molecule has 0 spiro atoms. The van der Waals surface area contributed by atoms with Crippen molar-refractivity contribution < 1.29 is 29.0 Å². The van der Waals surface area contributed by atoms with E-state index in [0.717, 1.165) is 24.8 Å². The van der Waals surface area contributed by atoms with E-state index in [0.29, 0.717) is 6.42 Å². The number of rotatable bonds is 11. The fourth-order valence-electron chi connectivity index (χ4n) is 4.33. The van der Waals surface area contributed by atoms with Gasteiger partial charge in [-0.15, -0.1) is 11.8 Å². The summed E-state index contributed by atoms with van der Waals surface area (Å²) in [4.78, 5) is 51.3. The molecule has 2 amide bonds. The van der Waals surface area contributed by atoms with Crippen molar-refractivity contribution in [1.82, 2.24) is 10.2 Å². The van der Waals surface area contributed by atoms with Gasteiger partial charge in [-0.05, 0) is 32.3 Å². The molecule has 33 heavy (non-hydrogen) atoms. The van der Waals surface area contributed by atoms with Gasteiger partial charge in [-0.3, -0.25) is 9.59 Å². The predicted octanol–water partition coefficient (Wildman–Crippen LogP) is 2.74. The molecule has 0 aromatic heterocycles. The lowest BCUT2D eigenvalue weighted by Crippen LogP contribution is -2.71. The van der Waals surface area contributed by atoms with Gasteiger partial charge in [-0.2, -0.15) is 0 Å². The maximum atomic E-state index is 13.0. The van der Waals surface area contributed by atoms with Gasteiger partial charge in [0.2, 0.25) is 11.8 Å². The SMILES string of the molecule is CCCCCCC(OC(=O)[C@@H]1N2C(=O)[C@@H](NC(=O)Cc3ccccc3)[C@H]2SC1(C)C)C(=O)O. The maximum absolute atomic E-state index is 13.0. The zero-order chi connectivity index (χ0) is 24.2. The highest BCUT2D eigenvalue weighted by Crippen LogP contribution is 2.51. The summed E-state index contributed by atoms with van der Waals surface area (Å²) in [5.74, 6) is -2.50. The van der Waals surface area contributed by atoms with Crippen LogP contribution in [0.4, 0.5) is 0 Å². The minimum absolute atomic E-state index is 0.162. The second-order valence-corrected chi connectivity index (χ2v) is 10.9. The van der Waals surface area contributed by atoms with Gasteiger partial charge in [0, 0.05) is 4.75 Å². The summed E-state index contributed by atoms with van der Waals surface area (Å²) >= 11 is 1.42. The first-order valence-corrected chi connectivity index (χ1v) is 12.3. The Bertz CT molecular complexity index is 890. The molecule has 8 nitrogen and oxygen atoms in total. The highest BCUT2D eigenvalue weighted by molar-refractivity contribution is 8.01. The summed E-state index contributed by atoms with van der Waals surface area (Å²) < 4.78 is 4.70. The molecule has 1 aromatic rings. The number of benzene rings is 1. The van der Waals surface area contributed by atoms with Crippen molar-refractivity contribution in [1.29, 1.82) is 0 Å². The van der Waals surface area contributed by atoms with Gasteiger partial charge in [-0.25, -0.2) is 9.59 Å². The molecule has 2 N–H and O–H groups in total. The normalized spacial score (nSPS) is 23.9. The smallest absolute Gasteiger partial charge is 0.345 e. The average molecular weight is 477 g/mol. The number of aliphatic carboxylic acids is 1. The first kappa shape index (κ1) is 25.1. The van der Waals surface area contributed by atoms with Crippen LogP contribution in [0.2, 0.25) is 0 Å². The van der Waals surface area contributed by atoms with Crippen molar-refractivity contribution >= 4 is 35.5 Å². The number of carboxylic acids is 1. The number of amides is 2. The molecule has 1 aromatic carbocycles. The zero-order valence-electron chi connectivity index (χ0n) is 19.3. The van der Waals surface area contributed by atoms with Crippen LogP contribution in [0.3, 0.4) is 0 Å². The predicted molar refractivity (Wildman–Crippen MR) is 124 cm³/mol. The third-order valence-electron chi connectivity index (χ3n) is 6.04. The van der Waals surface area contributed by atoms with Crippen LogP contribution in [0.15, 0.2) is 30.3 Å². The first-order valence-electron chi connectivity index (χ1n) is 11.4. The second kappa shape index (κ2) is 10.6. The van der Waals surface area contributed by atoms with Crippen LogP contribution in [-0.2, 0) is 30.3 Å². The number of nitrogens with one attached hydrogen (secondary N) is 1. The van der Waals surface area contributed by atoms with E-state index in [1.165, 1.54) is 16.7 Å². The third-order valence-corrected chi connectivity index (χ3v) is 7.61. The van der Waals surface area contributed by atoms with E-state index in [1.54, 1.807) is 0 Å². The largest absolute Gasteiger partial charge is 0.479 e. The molecule has 2 aliphatic heterocycles. The van der Waals surface area contributed by atoms with Crippen molar-refractivity contribution in [3.63, 3.8) is 0 Å². The van der Waals surface area contributed by atoms with Crippen LogP contribution in [-0.4, -0.2) is 62.1 Å². The third kappa shape index (κ3) is 5.69. The number of hydrogen-bond donors (Lipinski definition) is 2. The topological polar surface area (TPSA) is 113 Å². The highest BCUT2D eigenvalue weighted by atomic mass is 32.2. The van der Waals surface area contributed by atoms with Crippen LogP contribution >= 0.6 is 11.8 Å². The lowest BCUT2D eigenvalue weighted by atomic mass is 9.95. The van der Waals surface area contributed by atoms with Gasteiger partial charge < -0.3 is 20.1 Å². The van der Waals surface area contributed by atoms with Crippen molar-refractivity contribution in [3.05, 3.63) is 35.9 Å². The molecule has 2 heterocycles. The Balaban J connectivity index is 1.61. The fourth-order valence-corrected chi connectivity index (χ4v) is 5.95. The van der Waals surface area contributed by atoms with Crippen molar-refractivity contribution in [2.75, 3.05) is 0 Å². The van der Waals surface area contributed by atoms with Crippen LogP contribution in [0.5, 0.6) is 0 Å². The molecule has 9 heteroatoms. The lowest BCUT2D eigenvalue weighted by Gasteiger charge is -2.44. The summed E-state index contributed by atoms with van der Waals surface area (Å²) in [7, 11) is 0. The monoisotopic (exact) mass is 476 g/mol. The molecule has 0 aliphatic carbocycles. The Labute approximate surface area is 198 Å². The highest BCUT2D eigenvalue weighted by Gasteiger charge is 2.64. The molecule has 4 atom stereocenters. The number of ether oxygens (including phenoxy) is 1. The van der Waals surface area contributed by atoms with E-state index in [2.05, 4.69) is 12.2 Å². The van der Waals surface area contributed by atoms with E-state index in [1.807, 2.05) is 44.2 Å². The standard InChI is InChI=1S/C24H32N2O6S/c1-4-5-6-10-13-16(22(29)30)32-23(31)19-24(2,3)33-21-18(20(28)26(19)21)25-17(27)14-15-11-8-7-9-12-15/h7-9,11-12,16,18-19,21H,4-6,10,13-14H2,1-3H3,(H,25,27)(H,29,30)/t16?,18-,19+,21-/m1/s1. The van der Waals surface area contributed by atoms with Crippen molar-refractivity contribution in [2.24, 2.45) is 0 Å². The fraction of sp³-hybridized carbons (Fsp3) is 0.583. The minimum Gasteiger partial charge on any atom is -0.479 e.